The predicted molar refractivity (Wildman–Crippen MR) is 203 cm³/mol. The highest BCUT2D eigenvalue weighted by Crippen LogP contribution is 2.38. The number of ether oxygens (including phenoxy) is 7. The third-order valence-electron chi connectivity index (χ3n) is 8.07. The van der Waals surface area contributed by atoms with E-state index in [4.69, 9.17) is 33.2 Å². The highest BCUT2D eigenvalue weighted by atomic mass is 79.9. The van der Waals surface area contributed by atoms with Gasteiger partial charge in [0.2, 0.25) is 0 Å². The van der Waals surface area contributed by atoms with Crippen molar-refractivity contribution in [3.05, 3.63) is 112 Å². The van der Waals surface area contributed by atoms with Crippen LogP contribution in [0.3, 0.4) is 0 Å². The maximum Gasteiger partial charge on any atom is 0.343 e. The zero-order valence-corrected chi connectivity index (χ0v) is 33.0. The molecule has 1 aliphatic heterocycles. The maximum absolute atomic E-state index is 14.3. The van der Waals surface area contributed by atoms with Gasteiger partial charge in [0.25, 0.3) is 5.56 Å². The minimum absolute atomic E-state index is 0.120. The summed E-state index contributed by atoms with van der Waals surface area (Å²) < 4.78 is 40.8. The lowest BCUT2D eigenvalue weighted by Gasteiger charge is -2.25. The summed E-state index contributed by atoms with van der Waals surface area (Å²) in [6.07, 6.45) is 1.71. The summed E-state index contributed by atoms with van der Waals surface area (Å²) in [5.74, 6) is -0.102. The molecule has 54 heavy (non-hydrogen) atoms. The van der Waals surface area contributed by atoms with Crippen LogP contribution >= 0.6 is 27.3 Å². The van der Waals surface area contributed by atoms with Gasteiger partial charge in [-0.3, -0.25) is 9.36 Å². The summed E-state index contributed by atoms with van der Waals surface area (Å²) in [5, 5.41) is 0. The Bertz CT molecular complexity index is 2260. The van der Waals surface area contributed by atoms with Crippen molar-refractivity contribution in [3.63, 3.8) is 0 Å². The van der Waals surface area contributed by atoms with Crippen LogP contribution in [0.5, 0.6) is 23.0 Å². The Balaban J connectivity index is 1.52. The van der Waals surface area contributed by atoms with Crippen LogP contribution in [0.25, 0.3) is 6.08 Å². The van der Waals surface area contributed by atoms with E-state index in [0.717, 1.165) is 5.56 Å². The lowest BCUT2D eigenvalue weighted by molar-refractivity contribution is -0.143. The Hall–Kier alpha value is -5.41. The van der Waals surface area contributed by atoms with Gasteiger partial charge in [-0.1, -0.05) is 29.5 Å². The van der Waals surface area contributed by atoms with Crippen LogP contribution in [0.1, 0.15) is 60.8 Å². The fourth-order valence-electron chi connectivity index (χ4n) is 5.61. The second kappa shape index (κ2) is 18.1. The molecule has 1 aromatic heterocycles. The fraction of sp³-hybridized carbons (Fsp3) is 0.308. The number of thiazole rings is 1. The van der Waals surface area contributed by atoms with Gasteiger partial charge in [-0.15, -0.1) is 0 Å². The first-order chi connectivity index (χ1) is 26.0. The number of rotatable bonds is 15. The monoisotopic (exact) mass is 822 g/mol. The molecule has 2 heterocycles. The first-order valence-electron chi connectivity index (χ1n) is 17.0. The van der Waals surface area contributed by atoms with Gasteiger partial charge < -0.3 is 33.2 Å². The number of aromatic nitrogens is 1. The van der Waals surface area contributed by atoms with Crippen molar-refractivity contribution in [1.82, 2.24) is 4.57 Å². The van der Waals surface area contributed by atoms with Crippen LogP contribution in [0.2, 0.25) is 0 Å². The number of hydrogen-bond acceptors (Lipinski definition) is 13. The molecule has 0 spiro atoms. The zero-order chi connectivity index (χ0) is 38.9. The third-order valence-corrected chi connectivity index (χ3v) is 9.64. The topological polar surface area (TPSA) is 150 Å². The summed E-state index contributed by atoms with van der Waals surface area (Å²) >= 11 is 4.76. The van der Waals surface area contributed by atoms with Gasteiger partial charge in [-0.2, -0.15) is 0 Å². The molecule has 3 aromatic carbocycles. The highest BCUT2D eigenvalue weighted by Gasteiger charge is 2.34. The maximum atomic E-state index is 14.3. The van der Waals surface area contributed by atoms with Crippen LogP contribution in [-0.2, 0) is 30.4 Å². The lowest BCUT2D eigenvalue weighted by atomic mass is 9.95. The van der Waals surface area contributed by atoms with E-state index in [1.807, 2.05) is 0 Å². The average molecular weight is 824 g/mol. The summed E-state index contributed by atoms with van der Waals surface area (Å²) in [5.41, 5.74) is 2.66. The van der Waals surface area contributed by atoms with Gasteiger partial charge >= 0.3 is 17.9 Å². The Labute approximate surface area is 323 Å². The largest absolute Gasteiger partial charge is 0.493 e. The molecule has 1 aliphatic rings. The minimum Gasteiger partial charge on any atom is -0.493 e. The number of esters is 3. The van der Waals surface area contributed by atoms with Crippen LogP contribution in [0.15, 0.2) is 80.1 Å². The molecule has 4 aromatic rings. The van der Waals surface area contributed by atoms with Crippen molar-refractivity contribution in [2.24, 2.45) is 4.99 Å². The lowest BCUT2D eigenvalue weighted by Crippen LogP contribution is -2.40. The van der Waals surface area contributed by atoms with Crippen LogP contribution in [0, 0.1) is 0 Å². The highest BCUT2D eigenvalue weighted by molar-refractivity contribution is 9.10. The van der Waals surface area contributed by atoms with Gasteiger partial charge in [-0.25, -0.2) is 19.4 Å². The van der Waals surface area contributed by atoms with E-state index < -0.39 is 23.9 Å². The van der Waals surface area contributed by atoms with Crippen molar-refractivity contribution in [1.29, 1.82) is 0 Å². The molecule has 15 heteroatoms. The molecule has 0 fully saturated rings. The minimum atomic E-state index is -0.917. The van der Waals surface area contributed by atoms with Crippen molar-refractivity contribution >= 4 is 51.3 Å². The number of hydrogen-bond donors (Lipinski definition) is 0. The number of benzene rings is 3. The normalized spacial score (nSPS) is 13.8. The van der Waals surface area contributed by atoms with Crippen molar-refractivity contribution in [3.8, 4) is 23.0 Å². The average Bonchev–Trinajstić information content (AvgIpc) is 3.46. The molecule has 0 N–H and O–H groups in total. The van der Waals surface area contributed by atoms with Gasteiger partial charge in [0.1, 0.15) is 6.61 Å². The predicted octanol–water partition coefficient (Wildman–Crippen LogP) is 5.28. The fourth-order valence-corrected chi connectivity index (χ4v) is 7.23. The first kappa shape index (κ1) is 39.8. The Morgan fingerprint density at radius 3 is 2.26 bits per heavy atom. The molecule has 284 valence electrons. The van der Waals surface area contributed by atoms with Crippen molar-refractivity contribution in [2.75, 3.05) is 40.6 Å². The molecular weight excluding hydrogens is 784 g/mol. The smallest absolute Gasteiger partial charge is 0.343 e. The van der Waals surface area contributed by atoms with Gasteiger partial charge in [0.15, 0.2) is 34.4 Å². The van der Waals surface area contributed by atoms with E-state index in [0.29, 0.717) is 60.0 Å². The third kappa shape index (κ3) is 8.85. The molecule has 13 nitrogen and oxygen atoms in total. The quantitative estimate of drug-likeness (QED) is 0.114. The Kier molecular flexibility index (Phi) is 13.3. The molecule has 0 unspecified atom stereocenters. The molecule has 0 radical (unpaired) electrons. The van der Waals surface area contributed by atoms with E-state index in [1.54, 1.807) is 88.4 Å². The molecule has 5 rings (SSSR count). The summed E-state index contributed by atoms with van der Waals surface area (Å²) in [4.78, 5) is 56.5. The van der Waals surface area contributed by atoms with Gasteiger partial charge in [0, 0.05) is 0 Å². The van der Waals surface area contributed by atoms with E-state index >= 15 is 0 Å². The van der Waals surface area contributed by atoms with Gasteiger partial charge in [0.05, 0.1) is 65.9 Å². The molecule has 0 bridgehead atoms. The number of allylic oxidation sites excluding steroid dienone is 1. The summed E-state index contributed by atoms with van der Waals surface area (Å²) in [6.45, 7) is 7.51. The first-order valence-corrected chi connectivity index (χ1v) is 18.6. The molecule has 0 aliphatic carbocycles. The number of halogens is 1. The van der Waals surface area contributed by atoms with Crippen LogP contribution < -0.4 is 33.8 Å². The van der Waals surface area contributed by atoms with E-state index in [-0.39, 0.29) is 43.3 Å². The molecule has 0 amide bonds. The van der Waals surface area contributed by atoms with Gasteiger partial charge in [-0.05, 0) is 103 Å². The van der Waals surface area contributed by atoms with E-state index in [1.165, 1.54) is 30.1 Å². The molecule has 1 atom stereocenters. The van der Waals surface area contributed by atoms with E-state index in [9.17, 15) is 19.2 Å². The van der Waals surface area contributed by atoms with Crippen molar-refractivity contribution < 1.29 is 47.5 Å². The van der Waals surface area contributed by atoms with Crippen molar-refractivity contribution in [2.45, 2.75) is 40.3 Å². The number of carbonyl (C=O) groups is 3. The summed E-state index contributed by atoms with van der Waals surface area (Å²) in [7, 11) is 2.78. The molecular formula is C39H39BrN2O11S. The number of methoxy groups -OCH3 is 2. The second-order valence-corrected chi connectivity index (χ2v) is 13.4. The standard InChI is InChI=1S/C39H39BrN2O11S/c1-7-49-29-19-26(14-15-28(29)52-21-32(43)48-6)34-33(38(46)51-9-3)22(4)41-39-42(34)36(44)31(54-39)18-24-16-27(40)35(30(17-24)47-5)53-20-23-10-12-25(13-11-23)37(45)50-8-2/h10-19,34H,7-9,20-21H2,1-6H3/b31-18+/t34-/m0/s1. The molecule has 0 saturated heterocycles. The Morgan fingerprint density at radius 2 is 1.59 bits per heavy atom. The second-order valence-electron chi connectivity index (χ2n) is 11.5. The number of nitrogens with zero attached hydrogens (tertiary/aromatic N) is 2. The van der Waals surface area contributed by atoms with E-state index in [2.05, 4.69) is 20.9 Å². The SMILES string of the molecule is CCOC(=O)C1=C(C)N=c2s/c(=C/c3cc(Br)c(OCc4ccc(C(=O)OCC)cc4)c(OC)c3)c(=O)n2[C@H]1c1ccc(OCC(=O)OC)c(OCC)c1. The molecule has 0 saturated carbocycles. The summed E-state index contributed by atoms with van der Waals surface area (Å²) in [6, 6.07) is 14.5. The van der Waals surface area contributed by atoms with Crippen LogP contribution in [0.4, 0.5) is 0 Å². The number of carbonyl (C=O) groups excluding carboxylic acids is 3. The zero-order valence-electron chi connectivity index (χ0n) is 30.6. The number of fused-ring (bicyclic) bond motifs is 1. The Morgan fingerprint density at radius 1 is 0.870 bits per heavy atom. The van der Waals surface area contributed by atoms with Crippen LogP contribution in [-0.4, -0.2) is 63.1 Å².